The Labute approximate surface area is 169 Å². The Bertz CT molecular complexity index is 1120. The van der Waals surface area contributed by atoms with Crippen LogP contribution in [-0.4, -0.2) is 21.8 Å². The highest BCUT2D eigenvalue weighted by molar-refractivity contribution is 6.51. The molecule has 3 aromatic rings. The monoisotopic (exact) mass is 384 g/mol. The van der Waals surface area contributed by atoms with Crippen molar-refractivity contribution >= 4 is 23.1 Å². The van der Waals surface area contributed by atoms with Gasteiger partial charge in [0.2, 0.25) is 0 Å². The van der Waals surface area contributed by atoms with E-state index in [1.807, 2.05) is 44.2 Å². The largest absolute Gasteiger partial charge is 0.507 e. The highest BCUT2D eigenvalue weighted by Gasteiger charge is 2.47. The molecule has 2 aromatic carbocycles. The van der Waals surface area contributed by atoms with Crippen LogP contribution in [0, 0.1) is 13.8 Å². The Morgan fingerprint density at radius 3 is 2.34 bits per heavy atom. The summed E-state index contributed by atoms with van der Waals surface area (Å²) in [4.78, 5) is 31.8. The quantitative estimate of drug-likeness (QED) is 0.415. The van der Waals surface area contributed by atoms with Crippen LogP contribution in [0.15, 0.2) is 78.5 Å². The van der Waals surface area contributed by atoms with Crippen LogP contribution in [0.2, 0.25) is 0 Å². The van der Waals surface area contributed by atoms with Gasteiger partial charge >= 0.3 is 0 Å². The zero-order valence-corrected chi connectivity index (χ0v) is 16.2. The summed E-state index contributed by atoms with van der Waals surface area (Å²) < 4.78 is 0. The number of rotatable bonds is 3. The normalized spacial score (nSPS) is 18.3. The second-order valence-corrected chi connectivity index (χ2v) is 7.13. The summed E-state index contributed by atoms with van der Waals surface area (Å²) in [7, 11) is 0. The van der Waals surface area contributed by atoms with E-state index in [0.29, 0.717) is 16.9 Å². The highest BCUT2D eigenvalue weighted by Crippen LogP contribution is 2.41. The highest BCUT2D eigenvalue weighted by atomic mass is 16.3. The summed E-state index contributed by atoms with van der Waals surface area (Å²) in [5, 5.41) is 11.0. The topological polar surface area (TPSA) is 70.5 Å². The van der Waals surface area contributed by atoms with Gasteiger partial charge in [0, 0.05) is 17.4 Å². The first-order chi connectivity index (χ1) is 14.0. The van der Waals surface area contributed by atoms with Crippen molar-refractivity contribution in [2.75, 3.05) is 4.90 Å². The molecular weight excluding hydrogens is 364 g/mol. The van der Waals surface area contributed by atoms with Crippen molar-refractivity contribution in [3.05, 3.63) is 101 Å². The smallest absolute Gasteiger partial charge is 0.300 e. The molecule has 0 aliphatic carbocycles. The van der Waals surface area contributed by atoms with Crippen LogP contribution in [0.25, 0.3) is 5.76 Å². The fourth-order valence-corrected chi connectivity index (χ4v) is 3.56. The third-order valence-electron chi connectivity index (χ3n) is 5.02. The Morgan fingerprint density at radius 2 is 1.69 bits per heavy atom. The zero-order chi connectivity index (χ0) is 20.5. The molecule has 1 N–H and O–H groups in total. The second kappa shape index (κ2) is 7.36. The lowest BCUT2D eigenvalue weighted by Gasteiger charge is -2.24. The number of pyridine rings is 1. The van der Waals surface area contributed by atoms with Crippen LogP contribution in [0.3, 0.4) is 0 Å². The molecule has 5 heteroatoms. The molecule has 1 aliphatic rings. The predicted molar refractivity (Wildman–Crippen MR) is 111 cm³/mol. The number of hydrogen-bond acceptors (Lipinski definition) is 4. The number of amides is 1. The number of nitrogens with zero attached hydrogens (tertiary/aromatic N) is 2. The molecule has 29 heavy (non-hydrogen) atoms. The van der Waals surface area contributed by atoms with Crippen molar-refractivity contribution in [1.82, 2.24) is 4.98 Å². The maximum absolute atomic E-state index is 13.0. The van der Waals surface area contributed by atoms with E-state index in [1.54, 1.807) is 42.6 Å². The van der Waals surface area contributed by atoms with Crippen LogP contribution in [0.1, 0.15) is 28.4 Å². The molecule has 1 unspecified atom stereocenters. The molecule has 0 radical (unpaired) electrons. The molecular formula is C24H20N2O3. The van der Waals surface area contributed by atoms with Gasteiger partial charge in [0.15, 0.2) is 0 Å². The minimum atomic E-state index is -0.806. The van der Waals surface area contributed by atoms with E-state index in [2.05, 4.69) is 4.98 Å². The Kier molecular flexibility index (Phi) is 4.72. The number of aryl methyl sites for hydroxylation is 2. The molecule has 0 bridgehead atoms. The number of aliphatic hydroxyl groups excluding tert-OH is 1. The van der Waals surface area contributed by atoms with E-state index in [9.17, 15) is 14.7 Å². The fraction of sp³-hybridized carbons (Fsp3) is 0.125. The van der Waals surface area contributed by atoms with E-state index >= 15 is 0 Å². The standard InChI is InChI=1S/C24H20N2O3/c1-15-9-11-17(12-10-15)22(27)20-21(19-8-3-4-13-25-19)26(24(29)23(20)28)18-7-5-6-16(2)14-18/h3-14,21,27H,1-2H3/b22-20+. The number of ketones is 1. The molecule has 0 saturated carbocycles. The SMILES string of the molecule is Cc1ccc(/C(O)=C2\C(=O)C(=O)N(c3cccc(C)c3)C2c2ccccn2)cc1. The number of carbonyl (C=O) groups excluding carboxylic acids is 2. The summed E-state index contributed by atoms with van der Waals surface area (Å²) >= 11 is 0. The number of carbonyl (C=O) groups is 2. The van der Waals surface area contributed by atoms with Gasteiger partial charge in [-0.3, -0.25) is 19.5 Å². The molecule has 4 rings (SSSR count). The summed E-state index contributed by atoms with van der Waals surface area (Å²) in [6.07, 6.45) is 1.61. The van der Waals surface area contributed by atoms with Crippen molar-refractivity contribution in [2.24, 2.45) is 0 Å². The van der Waals surface area contributed by atoms with Gasteiger partial charge in [-0.25, -0.2) is 0 Å². The molecule has 1 fully saturated rings. The van der Waals surface area contributed by atoms with Gasteiger partial charge in [-0.2, -0.15) is 0 Å². The lowest BCUT2D eigenvalue weighted by molar-refractivity contribution is -0.132. The van der Waals surface area contributed by atoms with Crippen LogP contribution < -0.4 is 4.90 Å². The van der Waals surface area contributed by atoms with E-state index in [-0.39, 0.29) is 11.3 Å². The molecule has 1 saturated heterocycles. The minimum absolute atomic E-state index is 0.0408. The molecule has 0 spiro atoms. The third-order valence-corrected chi connectivity index (χ3v) is 5.02. The molecule has 1 atom stereocenters. The van der Waals surface area contributed by atoms with Crippen LogP contribution >= 0.6 is 0 Å². The van der Waals surface area contributed by atoms with Crippen LogP contribution in [-0.2, 0) is 9.59 Å². The fourth-order valence-electron chi connectivity index (χ4n) is 3.56. The maximum atomic E-state index is 13.0. The first kappa shape index (κ1) is 18.6. The van der Waals surface area contributed by atoms with Crippen molar-refractivity contribution in [1.29, 1.82) is 0 Å². The molecule has 1 amide bonds. The predicted octanol–water partition coefficient (Wildman–Crippen LogP) is 4.32. The van der Waals surface area contributed by atoms with Gasteiger partial charge in [0.25, 0.3) is 11.7 Å². The van der Waals surface area contributed by atoms with Gasteiger partial charge in [0.05, 0.1) is 11.3 Å². The lowest BCUT2D eigenvalue weighted by atomic mass is 9.97. The number of anilines is 1. The van der Waals surface area contributed by atoms with Gasteiger partial charge in [-0.1, -0.05) is 48.0 Å². The van der Waals surface area contributed by atoms with E-state index in [0.717, 1.165) is 11.1 Å². The first-order valence-electron chi connectivity index (χ1n) is 9.33. The van der Waals surface area contributed by atoms with Gasteiger partial charge in [-0.15, -0.1) is 0 Å². The minimum Gasteiger partial charge on any atom is -0.507 e. The van der Waals surface area contributed by atoms with Crippen LogP contribution in [0.5, 0.6) is 0 Å². The summed E-state index contributed by atoms with van der Waals surface area (Å²) in [5.41, 5.74) is 3.62. The molecule has 144 valence electrons. The maximum Gasteiger partial charge on any atom is 0.300 e. The average Bonchev–Trinajstić information content (AvgIpc) is 2.99. The lowest BCUT2D eigenvalue weighted by Crippen LogP contribution is -2.29. The molecule has 5 nitrogen and oxygen atoms in total. The van der Waals surface area contributed by atoms with Crippen molar-refractivity contribution < 1.29 is 14.7 Å². The number of hydrogen-bond donors (Lipinski definition) is 1. The summed E-state index contributed by atoms with van der Waals surface area (Å²) in [6.45, 7) is 3.86. The van der Waals surface area contributed by atoms with Crippen molar-refractivity contribution in [3.8, 4) is 0 Å². The van der Waals surface area contributed by atoms with Crippen molar-refractivity contribution in [2.45, 2.75) is 19.9 Å². The Hall–Kier alpha value is -3.73. The van der Waals surface area contributed by atoms with E-state index in [1.165, 1.54) is 4.90 Å². The van der Waals surface area contributed by atoms with Crippen molar-refractivity contribution in [3.63, 3.8) is 0 Å². The Morgan fingerprint density at radius 1 is 0.931 bits per heavy atom. The molecule has 2 heterocycles. The molecule has 1 aliphatic heterocycles. The average molecular weight is 384 g/mol. The molecule has 1 aromatic heterocycles. The summed E-state index contributed by atoms with van der Waals surface area (Å²) in [6, 6.07) is 19.0. The van der Waals surface area contributed by atoms with Gasteiger partial charge < -0.3 is 5.11 Å². The first-order valence-corrected chi connectivity index (χ1v) is 9.33. The van der Waals surface area contributed by atoms with Crippen LogP contribution in [0.4, 0.5) is 5.69 Å². The third kappa shape index (κ3) is 3.31. The number of benzene rings is 2. The van der Waals surface area contributed by atoms with E-state index < -0.39 is 17.7 Å². The Balaban J connectivity index is 1.94. The number of aromatic nitrogens is 1. The number of aliphatic hydroxyl groups is 1. The van der Waals surface area contributed by atoms with Gasteiger partial charge in [0.1, 0.15) is 11.8 Å². The number of Topliss-reactive ketones (excluding diaryl/α,β-unsaturated/α-hetero) is 1. The second-order valence-electron chi connectivity index (χ2n) is 7.13. The van der Waals surface area contributed by atoms with Gasteiger partial charge in [-0.05, 0) is 43.7 Å². The zero-order valence-electron chi connectivity index (χ0n) is 16.2. The summed E-state index contributed by atoms with van der Waals surface area (Å²) in [5.74, 6) is -1.60. The van der Waals surface area contributed by atoms with E-state index in [4.69, 9.17) is 0 Å².